The fourth-order valence-electron chi connectivity index (χ4n) is 6.12. The zero-order valence-electron chi connectivity index (χ0n) is 23.3. The number of halogens is 2. The molecule has 1 heterocycles. The fraction of sp³-hybridized carbons (Fsp3) is 0.345. The molecule has 1 amide bonds. The summed E-state index contributed by atoms with van der Waals surface area (Å²) in [6.07, 6.45) is -0.481. The van der Waals surface area contributed by atoms with Gasteiger partial charge in [-0.05, 0) is 59.7 Å². The highest BCUT2D eigenvalue weighted by Crippen LogP contribution is 2.45. The number of nitrogens with zero attached hydrogens (tertiary/aromatic N) is 2. The molecule has 1 saturated heterocycles. The summed E-state index contributed by atoms with van der Waals surface area (Å²) in [5.74, 6) is -1.51. The molecule has 3 aromatic rings. The molecule has 42 heavy (non-hydrogen) atoms. The Balaban J connectivity index is 1.32. The highest BCUT2D eigenvalue weighted by molar-refractivity contribution is 7.85. The second-order valence-corrected chi connectivity index (χ2v) is 12.8. The Bertz CT molecular complexity index is 1660. The Kier molecular flexibility index (Phi) is 7.92. The number of ether oxygens (including phenoxy) is 1. The molecule has 0 spiro atoms. The molecule has 0 saturated carbocycles. The van der Waals surface area contributed by atoms with Gasteiger partial charge < -0.3 is 18.7 Å². The fourth-order valence-corrected chi connectivity index (χ4v) is 7.34. The minimum atomic E-state index is -5.44. The Morgan fingerprint density at radius 1 is 0.833 bits per heavy atom. The van der Waals surface area contributed by atoms with Crippen LogP contribution in [0.1, 0.15) is 39.3 Å². The van der Waals surface area contributed by atoms with Gasteiger partial charge in [0.2, 0.25) is 0 Å². The summed E-state index contributed by atoms with van der Waals surface area (Å²) in [4.78, 5) is 16.4. The lowest BCUT2D eigenvalue weighted by Gasteiger charge is -2.38. The van der Waals surface area contributed by atoms with Gasteiger partial charge in [-0.2, -0.15) is 16.8 Å². The van der Waals surface area contributed by atoms with Crippen molar-refractivity contribution >= 4 is 32.5 Å². The first-order chi connectivity index (χ1) is 19.7. The molecule has 9 nitrogen and oxygen atoms in total. The van der Waals surface area contributed by atoms with E-state index in [-0.39, 0.29) is 55.4 Å². The van der Waals surface area contributed by atoms with Crippen molar-refractivity contribution < 1.29 is 38.3 Å². The van der Waals surface area contributed by atoms with Gasteiger partial charge in [0.15, 0.2) is 5.75 Å². The van der Waals surface area contributed by atoms with Gasteiger partial charge in [-0.15, -0.1) is 3.89 Å². The van der Waals surface area contributed by atoms with Crippen LogP contribution in [0.5, 0.6) is 5.75 Å². The van der Waals surface area contributed by atoms with Crippen molar-refractivity contribution in [2.45, 2.75) is 32.4 Å². The van der Waals surface area contributed by atoms with Crippen LogP contribution in [0.3, 0.4) is 0 Å². The summed E-state index contributed by atoms with van der Waals surface area (Å²) in [6.45, 7) is 5.66. The maximum atomic E-state index is 13.7. The summed E-state index contributed by atoms with van der Waals surface area (Å²) < 4.78 is 83.3. The Morgan fingerprint density at radius 2 is 1.38 bits per heavy atom. The van der Waals surface area contributed by atoms with Crippen LogP contribution in [0.25, 0.3) is 11.1 Å². The molecule has 0 bridgehead atoms. The summed E-state index contributed by atoms with van der Waals surface area (Å²) in [5.41, 5.74) is 5.47. The van der Waals surface area contributed by atoms with Crippen LogP contribution in [0.4, 0.5) is 18.3 Å². The highest BCUT2D eigenvalue weighted by Gasteiger charge is 2.32. The molecule has 0 atom stereocenters. The third-order valence-electron chi connectivity index (χ3n) is 7.99. The van der Waals surface area contributed by atoms with Gasteiger partial charge in [-0.1, -0.05) is 52.4 Å². The van der Waals surface area contributed by atoms with E-state index < -0.39 is 38.3 Å². The molecular formula is C29H30F2N2O7S2. The lowest BCUT2D eigenvalue weighted by Crippen LogP contribution is -2.49. The maximum Gasteiger partial charge on any atom is 0.488 e. The van der Waals surface area contributed by atoms with E-state index in [1.165, 1.54) is 13.8 Å². The third-order valence-corrected chi connectivity index (χ3v) is 8.99. The predicted molar refractivity (Wildman–Crippen MR) is 154 cm³/mol. The van der Waals surface area contributed by atoms with E-state index in [9.17, 15) is 29.4 Å². The van der Waals surface area contributed by atoms with Crippen molar-refractivity contribution in [2.75, 3.05) is 37.7 Å². The zero-order valence-corrected chi connectivity index (χ0v) is 24.9. The van der Waals surface area contributed by atoms with Gasteiger partial charge in [-0.25, -0.2) is 4.79 Å². The van der Waals surface area contributed by atoms with E-state index in [4.69, 9.17) is 4.74 Å². The molecule has 3 aromatic carbocycles. The van der Waals surface area contributed by atoms with E-state index in [2.05, 4.69) is 16.3 Å². The number of carbonyl (C=O) groups is 1. The number of anilines is 1. The van der Waals surface area contributed by atoms with Gasteiger partial charge >= 0.3 is 26.8 Å². The first kappa shape index (κ1) is 29.8. The molecule has 2 aliphatic rings. The van der Waals surface area contributed by atoms with Crippen LogP contribution in [0, 0.1) is 20.8 Å². The van der Waals surface area contributed by atoms with E-state index in [0.717, 1.165) is 22.3 Å². The highest BCUT2D eigenvalue weighted by atomic mass is 32.3. The minimum absolute atomic E-state index is 0.00785. The maximum absolute atomic E-state index is 13.7. The standard InChI is InChI=1S/C29H30F2N2O7S2/c1-18-26(17-41(30,35)36)19(2)28(40-42(31,37)38)20(3)27(18)32-12-14-33(15-13-32)29(34)39-16-25-23-10-6-4-8-21(23)22-9-5-7-11-24(22)25/h4-11,25H,12-17H2,1-3H3. The molecule has 5 rings (SSSR count). The first-order valence-electron chi connectivity index (χ1n) is 13.3. The normalized spacial score (nSPS) is 15.4. The smallest absolute Gasteiger partial charge is 0.448 e. The molecule has 224 valence electrons. The van der Waals surface area contributed by atoms with E-state index in [0.29, 0.717) is 11.3 Å². The number of hydrogen-bond donors (Lipinski definition) is 0. The Morgan fingerprint density at radius 3 is 1.90 bits per heavy atom. The number of benzene rings is 3. The average Bonchev–Trinajstić information content (AvgIpc) is 3.25. The van der Waals surface area contributed by atoms with Crippen LogP contribution in [-0.2, 0) is 31.2 Å². The van der Waals surface area contributed by atoms with Crippen molar-refractivity contribution in [3.63, 3.8) is 0 Å². The van der Waals surface area contributed by atoms with Gasteiger partial charge in [0.1, 0.15) is 12.4 Å². The van der Waals surface area contributed by atoms with Crippen molar-refractivity contribution in [3.8, 4) is 16.9 Å². The second kappa shape index (κ2) is 11.2. The third kappa shape index (κ3) is 5.93. The van der Waals surface area contributed by atoms with Crippen LogP contribution in [-0.4, -0.2) is 60.6 Å². The van der Waals surface area contributed by atoms with Crippen LogP contribution >= 0.6 is 0 Å². The first-order valence-corrected chi connectivity index (χ1v) is 16.1. The summed E-state index contributed by atoms with van der Waals surface area (Å²) >= 11 is 0. The van der Waals surface area contributed by atoms with Crippen LogP contribution < -0.4 is 9.08 Å². The summed E-state index contributed by atoms with van der Waals surface area (Å²) in [5, 5.41) is 0. The van der Waals surface area contributed by atoms with Crippen molar-refractivity contribution in [1.29, 1.82) is 0 Å². The van der Waals surface area contributed by atoms with E-state index in [1.807, 2.05) is 41.3 Å². The molecule has 1 aliphatic heterocycles. The lowest BCUT2D eigenvalue weighted by molar-refractivity contribution is 0.0976. The Labute approximate surface area is 244 Å². The Hall–Kier alpha value is -3.71. The lowest BCUT2D eigenvalue weighted by atomic mass is 9.95. The average molecular weight is 621 g/mol. The van der Waals surface area contributed by atoms with Crippen molar-refractivity contribution in [2.24, 2.45) is 0 Å². The summed E-state index contributed by atoms with van der Waals surface area (Å²) in [7, 11) is -10.4. The van der Waals surface area contributed by atoms with Crippen LogP contribution in [0.2, 0.25) is 0 Å². The molecule has 1 fully saturated rings. The van der Waals surface area contributed by atoms with E-state index >= 15 is 0 Å². The number of piperazine rings is 1. The molecule has 0 radical (unpaired) electrons. The molecule has 13 heteroatoms. The van der Waals surface area contributed by atoms with Gasteiger partial charge in [0.25, 0.3) is 0 Å². The number of hydrogen-bond acceptors (Lipinski definition) is 8. The number of fused-ring (bicyclic) bond motifs is 3. The van der Waals surface area contributed by atoms with Gasteiger partial charge in [0.05, 0.1) is 0 Å². The predicted octanol–water partition coefficient (Wildman–Crippen LogP) is 5.08. The number of amides is 1. The number of carbonyl (C=O) groups excluding carboxylic acids is 1. The quantitative estimate of drug-likeness (QED) is 0.337. The molecule has 0 aromatic heterocycles. The monoisotopic (exact) mass is 620 g/mol. The molecule has 0 unspecified atom stereocenters. The van der Waals surface area contributed by atoms with Gasteiger partial charge in [-0.3, -0.25) is 0 Å². The molecule has 1 aliphatic carbocycles. The summed E-state index contributed by atoms with van der Waals surface area (Å²) in [6, 6.07) is 16.1. The minimum Gasteiger partial charge on any atom is -0.448 e. The largest absolute Gasteiger partial charge is 0.488 e. The van der Waals surface area contributed by atoms with E-state index in [1.54, 1.807) is 11.8 Å². The second-order valence-electron chi connectivity index (χ2n) is 10.5. The SMILES string of the molecule is Cc1c(CS(=O)(=O)F)c(C)c(N2CCN(C(=O)OCC3c4ccccc4-c4ccccc43)CC2)c(C)c1OS(=O)(=O)F. The molecule has 0 N–H and O–H groups in total. The zero-order chi connectivity index (χ0) is 30.4. The molecular weight excluding hydrogens is 590 g/mol. The van der Waals surface area contributed by atoms with Gasteiger partial charge in [0, 0.05) is 43.3 Å². The van der Waals surface area contributed by atoms with Crippen molar-refractivity contribution in [1.82, 2.24) is 4.90 Å². The van der Waals surface area contributed by atoms with Crippen LogP contribution in [0.15, 0.2) is 48.5 Å². The van der Waals surface area contributed by atoms with Crippen molar-refractivity contribution in [3.05, 3.63) is 81.9 Å². The number of rotatable bonds is 7. The topological polar surface area (TPSA) is 110 Å².